The van der Waals surface area contributed by atoms with Crippen molar-refractivity contribution in [2.24, 2.45) is 49.7 Å². The van der Waals surface area contributed by atoms with Gasteiger partial charge in [-0.05, 0) is 115 Å². The summed E-state index contributed by atoms with van der Waals surface area (Å²) in [4.78, 5) is 26.3. The topological polar surface area (TPSA) is 113 Å². The molecule has 3 N–H and O–H groups in total. The number of rotatable bonds is 5. The fourth-order valence-corrected chi connectivity index (χ4v) is 13.0. The summed E-state index contributed by atoms with van der Waals surface area (Å²) in [5.74, 6) is -0.235. The zero-order valence-electron chi connectivity index (χ0n) is 30.6. The second-order valence-corrected chi connectivity index (χ2v) is 18.5. The van der Waals surface area contributed by atoms with Gasteiger partial charge in [0.05, 0.1) is 18.6 Å². The van der Waals surface area contributed by atoms with Crippen molar-refractivity contribution in [1.29, 1.82) is 0 Å². The van der Waals surface area contributed by atoms with Crippen LogP contribution in [0.25, 0.3) is 6.08 Å². The Labute approximate surface area is 287 Å². The van der Waals surface area contributed by atoms with Gasteiger partial charge in [-0.1, -0.05) is 73.1 Å². The molecule has 1 aromatic rings. The van der Waals surface area contributed by atoms with Crippen LogP contribution in [0.3, 0.4) is 0 Å². The number of methoxy groups -OCH3 is 1. The molecule has 1 aromatic carbocycles. The minimum absolute atomic E-state index is 0.0265. The second kappa shape index (κ2) is 11.1. The molecular weight excluding hydrogens is 604 g/mol. The number of hydrogen-bond donors (Lipinski definition) is 3. The van der Waals surface area contributed by atoms with E-state index in [1.54, 1.807) is 18.2 Å². The smallest absolute Gasteiger partial charge is 0.331 e. The Morgan fingerprint density at radius 2 is 1.60 bits per heavy atom. The summed E-state index contributed by atoms with van der Waals surface area (Å²) < 4.78 is 11.3. The van der Waals surface area contributed by atoms with Gasteiger partial charge in [0.2, 0.25) is 0 Å². The lowest BCUT2D eigenvalue weighted by molar-refractivity contribution is -0.241. The van der Waals surface area contributed by atoms with Crippen LogP contribution >= 0.6 is 0 Å². The highest BCUT2D eigenvalue weighted by Gasteiger charge is 2.73. The number of benzene rings is 1. The average Bonchev–Trinajstić information content (AvgIpc) is 2.98. The molecule has 4 saturated carbocycles. The monoisotopic (exact) mass is 662 g/mol. The molecule has 0 heterocycles. The number of phenols is 1. The lowest BCUT2D eigenvalue weighted by Gasteiger charge is -2.73. The number of aliphatic carboxylic acids is 1. The van der Waals surface area contributed by atoms with E-state index in [1.807, 2.05) is 0 Å². The van der Waals surface area contributed by atoms with E-state index >= 15 is 0 Å². The van der Waals surface area contributed by atoms with Gasteiger partial charge in [0, 0.05) is 16.9 Å². The Balaban J connectivity index is 1.29. The summed E-state index contributed by atoms with van der Waals surface area (Å²) in [7, 11) is 1.48. The number of carbonyl (C=O) groups is 2. The number of allylic oxidation sites excluding steroid dienone is 2. The number of aliphatic hydroxyl groups is 1. The van der Waals surface area contributed by atoms with Crippen LogP contribution in [0.1, 0.15) is 119 Å². The summed E-state index contributed by atoms with van der Waals surface area (Å²) in [6.45, 7) is 18.5. The predicted octanol–water partition coefficient (Wildman–Crippen LogP) is 8.57. The molecule has 0 aromatic heterocycles. The van der Waals surface area contributed by atoms with Crippen LogP contribution in [0.2, 0.25) is 0 Å². The third-order valence-corrected chi connectivity index (χ3v) is 15.4. The van der Waals surface area contributed by atoms with Gasteiger partial charge in [-0.25, -0.2) is 4.79 Å². The summed E-state index contributed by atoms with van der Waals surface area (Å²) in [6, 6.07) is 4.86. The van der Waals surface area contributed by atoms with Crippen molar-refractivity contribution in [2.75, 3.05) is 7.11 Å². The number of carboxylic acids is 1. The molecule has 5 aliphatic carbocycles. The molecule has 4 fully saturated rings. The predicted molar refractivity (Wildman–Crippen MR) is 186 cm³/mol. The van der Waals surface area contributed by atoms with Gasteiger partial charge in [0.25, 0.3) is 0 Å². The Kier molecular flexibility index (Phi) is 8.10. The van der Waals surface area contributed by atoms with Gasteiger partial charge >= 0.3 is 11.9 Å². The third kappa shape index (κ3) is 4.75. The van der Waals surface area contributed by atoms with Crippen molar-refractivity contribution >= 4 is 18.0 Å². The molecule has 7 nitrogen and oxygen atoms in total. The zero-order chi connectivity index (χ0) is 35.3. The summed E-state index contributed by atoms with van der Waals surface area (Å²) in [5, 5.41) is 32.6. The fraction of sp³-hybridized carbons (Fsp3) is 0.707. The molecule has 0 radical (unpaired) electrons. The average molecular weight is 663 g/mol. The highest BCUT2D eigenvalue weighted by Crippen LogP contribution is 2.78. The number of hydrogen-bond acceptors (Lipinski definition) is 6. The van der Waals surface area contributed by atoms with Crippen molar-refractivity contribution in [3.8, 4) is 11.5 Å². The quantitative estimate of drug-likeness (QED) is 0.164. The van der Waals surface area contributed by atoms with Crippen LogP contribution in [0, 0.1) is 49.7 Å². The molecular formula is C41H58O7. The largest absolute Gasteiger partial charge is 0.504 e. The van der Waals surface area contributed by atoms with Crippen molar-refractivity contribution < 1.29 is 34.4 Å². The summed E-state index contributed by atoms with van der Waals surface area (Å²) in [6.07, 6.45) is 11.6. The Morgan fingerprint density at radius 3 is 2.27 bits per heavy atom. The Bertz CT molecular complexity index is 1560. The summed E-state index contributed by atoms with van der Waals surface area (Å²) >= 11 is 0. The third-order valence-electron chi connectivity index (χ3n) is 15.4. The maximum atomic E-state index is 13.2. The maximum Gasteiger partial charge on any atom is 0.331 e. The molecule has 0 amide bonds. The molecule has 264 valence electrons. The molecule has 7 heteroatoms. The first-order valence-electron chi connectivity index (χ1n) is 18.1. The van der Waals surface area contributed by atoms with E-state index in [0.717, 1.165) is 44.9 Å². The minimum Gasteiger partial charge on any atom is -0.504 e. The van der Waals surface area contributed by atoms with Gasteiger partial charge in [0.1, 0.15) is 6.10 Å². The molecule has 0 aliphatic heterocycles. The van der Waals surface area contributed by atoms with Crippen LogP contribution in [-0.2, 0) is 14.3 Å². The van der Waals surface area contributed by atoms with Crippen molar-refractivity contribution in [1.82, 2.24) is 0 Å². The van der Waals surface area contributed by atoms with E-state index in [-0.39, 0.29) is 33.3 Å². The number of carboxylic acid groups (broad SMARTS) is 1. The van der Waals surface area contributed by atoms with E-state index < -0.39 is 40.4 Å². The Morgan fingerprint density at radius 1 is 0.917 bits per heavy atom. The van der Waals surface area contributed by atoms with Gasteiger partial charge in [-0.2, -0.15) is 0 Å². The number of carbonyl (C=O) groups excluding carboxylic acids is 1. The molecule has 0 spiro atoms. The first-order chi connectivity index (χ1) is 22.2. The number of aliphatic hydroxyl groups excluding tert-OH is 1. The first kappa shape index (κ1) is 35.0. The van der Waals surface area contributed by atoms with Crippen molar-refractivity contribution in [3.05, 3.63) is 41.5 Å². The number of ether oxygens (including phenoxy) is 2. The zero-order valence-corrected chi connectivity index (χ0v) is 30.6. The van der Waals surface area contributed by atoms with Crippen LogP contribution in [0.15, 0.2) is 35.9 Å². The molecule has 9 unspecified atom stereocenters. The number of esters is 1. The Hall–Kier alpha value is -2.80. The molecule has 5 aliphatic rings. The number of phenolic OH excluding ortho intramolecular Hbond substituents is 1. The second-order valence-electron chi connectivity index (χ2n) is 18.5. The lowest BCUT2D eigenvalue weighted by atomic mass is 9.31. The highest BCUT2D eigenvalue weighted by atomic mass is 16.6. The fourth-order valence-electron chi connectivity index (χ4n) is 13.0. The molecule has 6 rings (SSSR count). The van der Waals surface area contributed by atoms with Crippen LogP contribution in [-0.4, -0.2) is 46.6 Å². The van der Waals surface area contributed by atoms with E-state index in [9.17, 15) is 24.9 Å². The van der Waals surface area contributed by atoms with Crippen LogP contribution < -0.4 is 4.74 Å². The minimum atomic E-state index is -0.810. The summed E-state index contributed by atoms with van der Waals surface area (Å²) in [5.41, 5.74) is 0.211. The van der Waals surface area contributed by atoms with Crippen LogP contribution in [0.4, 0.5) is 0 Å². The van der Waals surface area contributed by atoms with Gasteiger partial charge in [-0.15, -0.1) is 0 Å². The van der Waals surface area contributed by atoms with Crippen molar-refractivity contribution in [2.45, 2.75) is 125 Å². The van der Waals surface area contributed by atoms with E-state index in [4.69, 9.17) is 9.47 Å². The molecule has 0 saturated heterocycles. The van der Waals surface area contributed by atoms with Gasteiger partial charge in [-0.3, -0.25) is 4.79 Å². The standard InChI is InChI=1S/C41H58O7/c1-35(2)18-20-41(34(45)46)21-19-39(7)31(40(41,8)24-35)14-13-30-37(5)23-27(43)33(36(3,4)29(37)16-17-38(30,39)6)48-32(44)15-11-25-10-12-26(42)28(22-25)47-9/h10-12,14-15,22,27,29-30,33,42-43H,13,16-21,23-24H2,1-9H3,(H,45,46). The lowest BCUT2D eigenvalue weighted by Crippen LogP contribution is -2.68. The molecule has 48 heavy (non-hydrogen) atoms. The van der Waals surface area contributed by atoms with E-state index in [1.165, 1.54) is 24.8 Å². The van der Waals surface area contributed by atoms with E-state index in [2.05, 4.69) is 61.5 Å². The normalized spacial score (nSPS) is 42.8. The van der Waals surface area contributed by atoms with Gasteiger partial charge < -0.3 is 24.8 Å². The maximum absolute atomic E-state index is 13.2. The number of fused-ring (bicyclic) bond motifs is 7. The van der Waals surface area contributed by atoms with Crippen LogP contribution in [0.5, 0.6) is 11.5 Å². The highest BCUT2D eigenvalue weighted by molar-refractivity contribution is 5.87. The van der Waals surface area contributed by atoms with Crippen molar-refractivity contribution in [3.63, 3.8) is 0 Å². The molecule has 0 bridgehead atoms. The van der Waals surface area contributed by atoms with E-state index in [0.29, 0.717) is 30.1 Å². The first-order valence-corrected chi connectivity index (χ1v) is 18.1. The SMILES string of the molecule is COc1cc(C=CC(=O)OC2C(O)CC3(C)C(CCC4(C)C3CC=C3C5(C)CC(C)(C)CCC5(C(=O)O)CCC34C)C2(C)C)ccc1O. The number of aromatic hydroxyl groups is 1. The van der Waals surface area contributed by atoms with Gasteiger partial charge in [0.15, 0.2) is 11.5 Å². The molecule has 9 atom stereocenters.